The third kappa shape index (κ3) is 4.00. The number of carboxylic acid groups (broad SMARTS) is 1. The Morgan fingerprint density at radius 1 is 1.29 bits per heavy atom. The van der Waals surface area contributed by atoms with Crippen LogP contribution in [-0.4, -0.2) is 78.2 Å². The molecule has 1 fully saturated rings. The summed E-state index contributed by atoms with van der Waals surface area (Å²) in [5.41, 5.74) is 3.13. The van der Waals surface area contributed by atoms with Crippen molar-refractivity contribution in [2.75, 3.05) is 4.23 Å². The summed E-state index contributed by atoms with van der Waals surface area (Å²) in [6.07, 6.45) is -8.32. The van der Waals surface area contributed by atoms with E-state index in [1.807, 2.05) is 5.71 Å². The van der Waals surface area contributed by atoms with E-state index in [-0.39, 0.29) is 28.3 Å². The molecule has 0 aliphatic carbocycles. The standard InChI is InChI=1S/C14H19AsNO8/c1-15-16-7-4-6(5-17)2-3-8(7)23-14-11(20)9(18)10(19)12(24-14)13(21)22/h2-4,9-12,14,16-20H,5H2,1H3,(H,21,22). The Morgan fingerprint density at radius 3 is 2.58 bits per heavy atom. The molecule has 5 atom stereocenters. The van der Waals surface area contributed by atoms with E-state index in [2.05, 4.69) is 4.23 Å². The number of anilines is 1. The molecule has 0 saturated carbocycles. The van der Waals surface area contributed by atoms with Crippen LogP contribution >= 0.6 is 0 Å². The fourth-order valence-corrected chi connectivity index (χ4v) is 3.13. The molecule has 0 aromatic heterocycles. The van der Waals surface area contributed by atoms with Crippen molar-refractivity contribution in [2.45, 2.75) is 43.0 Å². The number of aliphatic carboxylic acids is 1. The summed E-state index contributed by atoms with van der Waals surface area (Å²) >= 11 is -0.239. The number of aliphatic hydroxyl groups is 4. The topological polar surface area (TPSA) is 149 Å². The van der Waals surface area contributed by atoms with Gasteiger partial charge in [0.1, 0.15) is 0 Å². The van der Waals surface area contributed by atoms with Gasteiger partial charge in [-0.25, -0.2) is 0 Å². The van der Waals surface area contributed by atoms with E-state index < -0.39 is 36.7 Å². The van der Waals surface area contributed by atoms with Crippen LogP contribution in [0, 0.1) is 0 Å². The first-order chi connectivity index (χ1) is 11.4. The van der Waals surface area contributed by atoms with Crippen LogP contribution in [0.5, 0.6) is 5.75 Å². The van der Waals surface area contributed by atoms with E-state index in [9.17, 15) is 25.2 Å². The molecule has 1 aliphatic heterocycles. The van der Waals surface area contributed by atoms with Gasteiger partial charge in [0.05, 0.1) is 0 Å². The zero-order valence-electron chi connectivity index (χ0n) is 12.7. The number of carbonyl (C=O) groups is 1. The predicted octanol–water partition coefficient (Wildman–Crippen LogP) is -1.47. The normalized spacial score (nSPS) is 30.5. The van der Waals surface area contributed by atoms with E-state index in [0.29, 0.717) is 11.3 Å². The summed E-state index contributed by atoms with van der Waals surface area (Å²) < 4.78 is 13.7. The van der Waals surface area contributed by atoms with Crippen LogP contribution in [0.15, 0.2) is 18.2 Å². The van der Waals surface area contributed by atoms with Crippen molar-refractivity contribution in [1.82, 2.24) is 0 Å². The second kappa shape index (κ2) is 8.15. The second-order valence-corrected chi connectivity index (χ2v) is 6.58. The molecule has 133 valence electrons. The van der Waals surface area contributed by atoms with Crippen molar-refractivity contribution in [3.8, 4) is 5.75 Å². The van der Waals surface area contributed by atoms with Gasteiger partial charge in [0.2, 0.25) is 0 Å². The molecule has 1 aliphatic rings. The number of aliphatic hydroxyl groups excluding tert-OH is 4. The molecule has 9 nitrogen and oxygen atoms in total. The van der Waals surface area contributed by atoms with Crippen molar-refractivity contribution in [3.05, 3.63) is 23.8 Å². The van der Waals surface area contributed by atoms with E-state index in [0.717, 1.165) is 0 Å². The van der Waals surface area contributed by atoms with E-state index >= 15 is 0 Å². The summed E-state index contributed by atoms with van der Waals surface area (Å²) in [7, 11) is 0. The molecule has 0 spiro atoms. The number of hydrogen-bond acceptors (Lipinski definition) is 8. The van der Waals surface area contributed by atoms with Gasteiger partial charge in [0, 0.05) is 0 Å². The minimum atomic E-state index is -1.77. The first-order valence-electron chi connectivity index (χ1n) is 7.06. The van der Waals surface area contributed by atoms with Gasteiger partial charge < -0.3 is 0 Å². The number of carboxylic acids is 1. The first kappa shape index (κ1) is 19.0. The summed E-state index contributed by atoms with van der Waals surface area (Å²) in [5.74, 6) is -1.21. The monoisotopic (exact) mass is 404 g/mol. The van der Waals surface area contributed by atoms with Crippen molar-refractivity contribution >= 4 is 27.6 Å². The number of benzene rings is 1. The Labute approximate surface area is 144 Å². The average molecular weight is 404 g/mol. The minimum absolute atomic E-state index is 0.163. The second-order valence-electron chi connectivity index (χ2n) is 5.18. The quantitative estimate of drug-likeness (QED) is 0.313. The molecule has 0 amide bonds. The molecule has 1 heterocycles. The summed E-state index contributed by atoms with van der Waals surface area (Å²) in [5, 5.41) is 47.7. The number of rotatable bonds is 6. The first-order valence-corrected chi connectivity index (χ1v) is 9.88. The maximum absolute atomic E-state index is 11.1. The van der Waals surface area contributed by atoms with Crippen LogP contribution < -0.4 is 8.97 Å². The molecule has 24 heavy (non-hydrogen) atoms. The maximum atomic E-state index is 11.1. The molecule has 1 aromatic carbocycles. The van der Waals surface area contributed by atoms with Gasteiger partial charge in [-0.3, -0.25) is 0 Å². The van der Waals surface area contributed by atoms with Crippen molar-refractivity contribution in [3.63, 3.8) is 0 Å². The SMILES string of the molecule is C[As]Nc1cc(CO)ccc1OC1OC(C(=O)O)C(O)C(O)C1O. The van der Waals surface area contributed by atoms with E-state index in [1.54, 1.807) is 12.1 Å². The average Bonchev–Trinajstić information content (AvgIpc) is 2.56. The third-order valence-corrected chi connectivity index (χ3v) is 4.49. The molecule has 0 bridgehead atoms. The van der Waals surface area contributed by atoms with Crippen LogP contribution in [0.2, 0.25) is 5.71 Å². The molecule has 1 saturated heterocycles. The molecular formula is C14H19AsNO8. The van der Waals surface area contributed by atoms with Crippen LogP contribution in [0.4, 0.5) is 5.69 Å². The van der Waals surface area contributed by atoms with Crippen LogP contribution in [0.3, 0.4) is 0 Å². The van der Waals surface area contributed by atoms with E-state index in [1.165, 1.54) is 6.07 Å². The predicted molar refractivity (Wildman–Crippen MR) is 82.6 cm³/mol. The van der Waals surface area contributed by atoms with Crippen LogP contribution in [-0.2, 0) is 16.1 Å². The fourth-order valence-electron chi connectivity index (χ4n) is 2.26. The van der Waals surface area contributed by atoms with Gasteiger partial charge in [-0.1, -0.05) is 0 Å². The molecule has 1 aromatic rings. The Bertz CT molecular complexity index is 586. The molecule has 2 rings (SSSR count). The Hall–Kier alpha value is -1.35. The fraction of sp³-hybridized carbons (Fsp3) is 0.500. The van der Waals surface area contributed by atoms with Gasteiger partial charge in [0.15, 0.2) is 0 Å². The van der Waals surface area contributed by atoms with Crippen molar-refractivity contribution in [1.29, 1.82) is 0 Å². The van der Waals surface area contributed by atoms with Crippen LogP contribution in [0.1, 0.15) is 5.56 Å². The Morgan fingerprint density at radius 2 is 2.00 bits per heavy atom. The molecule has 1 radical (unpaired) electrons. The zero-order chi connectivity index (χ0) is 17.9. The van der Waals surface area contributed by atoms with Gasteiger partial charge >= 0.3 is 144 Å². The summed E-state index contributed by atoms with van der Waals surface area (Å²) in [6, 6.07) is 4.79. The van der Waals surface area contributed by atoms with Gasteiger partial charge in [-0.05, 0) is 0 Å². The van der Waals surface area contributed by atoms with Crippen LogP contribution in [0.25, 0.3) is 0 Å². The van der Waals surface area contributed by atoms with Gasteiger partial charge in [0.25, 0.3) is 0 Å². The van der Waals surface area contributed by atoms with Crippen molar-refractivity contribution in [2.24, 2.45) is 0 Å². The summed E-state index contributed by atoms with van der Waals surface area (Å²) in [4.78, 5) is 11.1. The molecule has 10 heteroatoms. The number of nitrogens with one attached hydrogen (secondary N) is 1. The Balaban J connectivity index is 2.24. The molecule has 6 N–H and O–H groups in total. The van der Waals surface area contributed by atoms with Crippen molar-refractivity contribution < 1.29 is 39.8 Å². The van der Waals surface area contributed by atoms with Gasteiger partial charge in [-0.15, -0.1) is 0 Å². The molecule has 5 unspecified atom stereocenters. The number of ether oxygens (including phenoxy) is 2. The zero-order valence-corrected chi connectivity index (χ0v) is 14.6. The van der Waals surface area contributed by atoms with E-state index in [4.69, 9.17) is 14.6 Å². The number of hydrogen-bond donors (Lipinski definition) is 6. The third-order valence-electron chi connectivity index (χ3n) is 3.51. The Kier molecular flexibility index (Phi) is 6.45. The van der Waals surface area contributed by atoms with Gasteiger partial charge in [-0.2, -0.15) is 0 Å². The molecular weight excluding hydrogens is 385 g/mol. The summed E-state index contributed by atoms with van der Waals surface area (Å²) in [6.45, 7) is -0.163.